The molecule has 0 aliphatic carbocycles. The van der Waals surface area contributed by atoms with Crippen LogP contribution >= 0.6 is 0 Å². The molecule has 2 amide bonds. The van der Waals surface area contributed by atoms with Crippen LogP contribution in [0.15, 0.2) is 60.8 Å². The van der Waals surface area contributed by atoms with Gasteiger partial charge in [0.25, 0.3) is 0 Å². The number of hydrogen-bond acceptors (Lipinski definition) is 6. The average molecular weight is 579 g/mol. The van der Waals surface area contributed by atoms with E-state index in [4.69, 9.17) is 9.72 Å². The third-order valence-electron chi connectivity index (χ3n) is 8.18. The van der Waals surface area contributed by atoms with E-state index in [1.54, 1.807) is 13.3 Å². The molecule has 2 saturated heterocycles. The van der Waals surface area contributed by atoms with Crippen molar-refractivity contribution >= 4 is 11.7 Å². The second-order valence-corrected chi connectivity index (χ2v) is 10.9. The first-order valence-electron chi connectivity index (χ1n) is 13.9. The van der Waals surface area contributed by atoms with Crippen LogP contribution in [0.3, 0.4) is 0 Å². The summed E-state index contributed by atoms with van der Waals surface area (Å²) in [5.41, 5.74) is 1.19. The fourth-order valence-electron chi connectivity index (χ4n) is 5.88. The number of hydrogen-bond donors (Lipinski definition) is 2. The Hall–Kier alpha value is -4.30. The van der Waals surface area contributed by atoms with Gasteiger partial charge < -0.3 is 25.2 Å². The topological polar surface area (TPSA) is 93.5 Å². The van der Waals surface area contributed by atoms with E-state index in [2.05, 4.69) is 15.5 Å². The molecule has 1 atom stereocenters. The Morgan fingerprint density at radius 3 is 2.50 bits per heavy atom. The molecule has 8 nitrogen and oxygen atoms in total. The maximum absolute atomic E-state index is 13.3. The lowest BCUT2D eigenvalue weighted by Crippen LogP contribution is -2.57. The number of ether oxygens (including phenoxy) is 1. The monoisotopic (exact) mass is 578 g/mol. The third-order valence-corrected chi connectivity index (χ3v) is 8.18. The van der Waals surface area contributed by atoms with E-state index in [9.17, 15) is 23.2 Å². The van der Waals surface area contributed by atoms with E-state index >= 15 is 0 Å². The molecule has 220 valence electrons. The molecule has 0 bridgehead atoms. The second-order valence-electron chi connectivity index (χ2n) is 10.9. The smallest absolute Gasteiger partial charge is 0.416 e. The summed E-state index contributed by atoms with van der Waals surface area (Å²) in [5.74, 6) is 0.699. The summed E-state index contributed by atoms with van der Waals surface area (Å²) in [6, 6.07) is 16.4. The first-order chi connectivity index (χ1) is 20.1. The van der Waals surface area contributed by atoms with Gasteiger partial charge in [-0.3, -0.25) is 4.98 Å². The number of likely N-dealkylation sites (tertiary alicyclic amines) is 1. The molecular formula is C31H33F3N6O2. The van der Waals surface area contributed by atoms with Gasteiger partial charge in [-0.2, -0.15) is 18.4 Å². The van der Waals surface area contributed by atoms with Crippen molar-refractivity contribution in [3.63, 3.8) is 0 Å². The lowest BCUT2D eigenvalue weighted by Gasteiger charge is -2.43. The zero-order valence-electron chi connectivity index (χ0n) is 23.5. The zero-order valence-corrected chi connectivity index (χ0v) is 23.5. The molecule has 2 aliphatic rings. The lowest BCUT2D eigenvalue weighted by molar-refractivity contribution is -0.137. The van der Waals surface area contributed by atoms with Crippen molar-refractivity contribution in [1.82, 2.24) is 20.5 Å². The standard InChI is InChI=1S/C31H33F3N6O2/c1-39-14-11-24(20-39)37-29(41)38-30(23-7-9-26(36-19-23)25-5-3-4-6-28(25)42-2)12-15-40(16-13-30)27-10-8-22(31(32,33)34)17-21(27)18-35/h3-10,17,19,24H,11-16,20H2,1-2H3,(H2,37,38,41)/t24-/m1/s1. The summed E-state index contributed by atoms with van der Waals surface area (Å²) in [6.07, 6.45) is -0.973. The molecule has 0 saturated carbocycles. The second kappa shape index (κ2) is 11.9. The minimum absolute atomic E-state index is 0.0313. The summed E-state index contributed by atoms with van der Waals surface area (Å²) in [6.45, 7) is 2.52. The number of carbonyl (C=O) groups excluding carboxylic acids is 1. The number of rotatable bonds is 6. The number of carbonyl (C=O) groups is 1. The van der Waals surface area contributed by atoms with E-state index in [1.807, 2.05) is 54.4 Å². The maximum Gasteiger partial charge on any atom is 0.416 e. The normalized spacial score (nSPS) is 18.8. The highest BCUT2D eigenvalue weighted by Gasteiger charge is 2.39. The predicted octanol–water partition coefficient (Wildman–Crippen LogP) is 5.15. The molecule has 42 heavy (non-hydrogen) atoms. The fraction of sp³-hybridized carbons (Fsp3) is 0.387. The Bertz CT molecular complexity index is 1460. The minimum Gasteiger partial charge on any atom is -0.496 e. The Labute approximate surface area is 243 Å². The first kappa shape index (κ1) is 29.2. The van der Waals surface area contributed by atoms with Crippen molar-refractivity contribution in [2.45, 2.75) is 37.0 Å². The number of halogens is 3. The first-order valence-corrected chi connectivity index (χ1v) is 13.9. The zero-order chi connectivity index (χ0) is 29.9. The van der Waals surface area contributed by atoms with Crippen molar-refractivity contribution in [3.8, 4) is 23.1 Å². The number of para-hydroxylation sites is 1. The predicted molar refractivity (Wildman–Crippen MR) is 153 cm³/mol. The number of urea groups is 1. The molecule has 0 unspecified atom stereocenters. The molecule has 5 rings (SSSR count). The average Bonchev–Trinajstić information content (AvgIpc) is 3.40. The van der Waals surface area contributed by atoms with E-state index < -0.39 is 17.3 Å². The molecular weight excluding hydrogens is 545 g/mol. The van der Waals surface area contributed by atoms with Crippen molar-refractivity contribution in [2.24, 2.45) is 0 Å². The summed E-state index contributed by atoms with van der Waals surface area (Å²) in [5, 5.41) is 15.9. The summed E-state index contributed by atoms with van der Waals surface area (Å²) < 4.78 is 45.2. The number of methoxy groups -OCH3 is 1. The Morgan fingerprint density at radius 1 is 1.12 bits per heavy atom. The molecule has 0 radical (unpaired) electrons. The van der Waals surface area contributed by atoms with Gasteiger partial charge >= 0.3 is 12.2 Å². The van der Waals surface area contributed by atoms with E-state index in [1.165, 1.54) is 6.07 Å². The summed E-state index contributed by atoms with van der Waals surface area (Å²) in [4.78, 5) is 22.0. The number of nitrogens with one attached hydrogen (secondary N) is 2. The third kappa shape index (κ3) is 6.14. The highest BCUT2D eigenvalue weighted by molar-refractivity contribution is 5.76. The van der Waals surface area contributed by atoms with Crippen LogP contribution in [0, 0.1) is 11.3 Å². The van der Waals surface area contributed by atoms with Gasteiger partial charge in [0, 0.05) is 37.4 Å². The number of amides is 2. The molecule has 2 N–H and O–H groups in total. The Balaban J connectivity index is 1.41. The minimum atomic E-state index is -4.53. The van der Waals surface area contributed by atoms with Crippen LogP contribution in [-0.4, -0.2) is 62.3 Å². The van der Waals surface area contributed by atoms with Gasteiger partial charge in [0.15, 0.2) is 0 Å². The molecule has 2 aromatic carbocycles. The number of nitriles is 1. The number of anilines is 1. The number of likely N-dealkylation sites (N-methyl/N-ethyl adjacent to an activating group) is 1. The molecule has 3 aromatic rings. The Morgan fingerprint density at radius 2 is 1.88 bits per heavy atom. The number of pyridine rings is 1. The number of alkyl halides is 3. The maximum atomic E-state index is 13.3. The van der Waals surface area contributed by atoms with Crippen LogP contribution in [0.4, 0.5) is 23.7 Å². The van der Waals surface area contributed by atoms with E-state index in [-0.39, 0.29) is 17.6 Å². The molecule has 1 aromatic heterocycles. The summed E-state index contributed by atoms with van der Waals surface area (Å²) >= 11 is 0. The van der Waals surface area contributed by atoms with Crippen molar-refractivity contribution in [1.29, 1.82) is 5.26 Å². The van der Waals surface area contributed by atoms with Gasteiger partial charge in [-0.15, -0.1) is 0 Å². The van der Waals surface area contributed by atoms with Gasteiger partial charge in [0.2, 0.25) is 0 Å². The van der Waals surface area contributed by atoms with Gasteiger partial charge in [0.05, 0.1) is 35.2 Å². The van der Waals surface area contributed by atoms with Crippen LogP contribution in [0.2, 0.25) is 0 Å². The number of aromatic nitrogens is 1. The van der Waals surface area contributed by atoms with Gasteiger partial charge in [0.1, 0.15) is 11.8 Å². The molecule has 11 heteroatoms. The highest BCUT2D eigenvalue weighted by atomic mass is 19.4. The lowest BCUT2D eigenvalue weighted by atomic mass is 9.81. The van der Waals surface area contributed by atoms with Crippen LogP contribution in [-0.2, 0) is 11.7 Å². The Kier molecular flexibility index (Phi) is 8.27. The van der Waals surface area contributed by atoms with Gasteiger partial charge in [-0.05, 0) is 74.8 Å². The number of benzene rings is 2. The van der Waals surface area contributed by atoms with Crippen molar-refractivity contribution < 1.29 is 22.7 Å². The quantitative estimate of drug-likeness (QED) is 0.421. The number of nitrogens with zero attached hydrogens (tertiary/aromatic N) is 4. The van der Waals surface area contributed by atoms with Crippen molar-refractivity contribution in [3.05, 3.63) is 77.5 Å². The van der Waals surface area contributed by atoms with E-state index in [0.717, 1.165) is 48.5 Å². The SMILES string of the molecule is COc1ccccc1-c1ccc(C2(NC(=O)N[C@@H]3CCN(C)C3)CCN(c3ccc(C(F)(F)F)cc3C#N)CC2)cn1. The van der Waals surface area contributed by atoms with Gasteiger partial charge in [-0.25, -0.2) is 4.79 Å². The molecule has 2 fully saturated rings. The van der Waals surface area contributed by atoms with E-state index in [0.29, 0.717) is 37.4 Å². The fourth-order valence-corrected chi connectivity index (χ4v) is 5.88. The summed E-state index contributed by atoms with van der Waals surface area (Å²) in [7, 11) is 3.62. The molecule has 0 spiro atoms. The molecule has 2 aliphatic heterocycles. The number of piperidine rings is 1. The van der Waals surface area contributed by atoms with Crippen LogP contribution in [0.25, 0.3) is 11.3 Å². The van der Waals surface area contributed by atoms with Crippen molar-refractivity contribution in [2.75, 3.05) is 45.2 Å². The largest absolute Gasteiger partial charge is 0.496 e. The van der Waals surface area contributed by atoms with Crippen LogP contribution in [0.5, 0.6) is 5.75 Å². The van der Waals surface area contributed by atoms with Gasteiger partial charge in [-0.1, -0.05) is 18.2 Å². The highest BCUT2D eigenvalue weighted by Crippen LogP contribution is 2.38. The molecule has 3 heterocycles. The van der Waals surface area contributed by atoms with Crippen LogP contribution in [0.1, 0.15) is 36.0 Å². The van der Waals surface area contributed by atoms with Crippen LogP contribution < -0.4 is 20.3 Å².